The van der Waals surface area contributed by atoms with Gasteiger partial charge in [-0.15, -0.1) is 6.58 Å². The molecule has 1 heteroatoms. The van der Waals surface area contributed by atoms with Crippen molar-refractivity contribution in [2.75, 3.05) is 0 Å². The fourth-order valence-electron chi connectivity index (χ4n) is 1.34. The number of unbranched alkanes of at least 4 members (excludes halogenated alkanes) is 4. The zero-order valence-electron chi connectivity index (χ0n) is 8.39. The van der Waals surface area contributed by atoms with E-state index in [4.69, 9.17) is 5.73 Å². The molecular weight excluding hydrogens is 146 g/mol. The lowest BCUT2D eigenvalue weighted by Gasteiger charge is -2.07. The van der Waals surface area contributed by atoms with Crippen LogP contribution in [0.15, 0.2) is 12.7 Å². The minimum absolute atomic E-state index is 0.351. The third-order valence-corrected chi connectivity index (χ3v) is 2.15. The van der Waals surface area contributed by atoms with Crippen LogP contribution >= 0.6 is 0 Å². The summed E-state index contributed by atoms with van der Waals surface area (Å²) in [7, 11) is 0. The summed E-state index contributed by atoms with van der Waals surface area (Å²) in [5.41, 5.74) is 5.83. The Morgan fingerprint density at radius 1 is 1.25 bits per heavy atom. The fourth-order valence-corrected chi connectivity index (χ4v) is 1.34. The summed E-state index contributed by atoms with van der Waals surface area (Å²) in [4.78, 5) is 0. The van der Waals surface area contributed by atoms with E-state index in [-0.39, 0.29) is 0 Å². The lowest BCUT2D eigenvalue weighted by Crippen LogP contribution is -2.18. The van der Waals surface area contributed by atoms with E-state index < -0.39 is 0 Å². The van der Waals surface area contributed by atoms with E-state index in [2.05, 4.69) is 13.5 Å². The van der Waals surface area contributed by atoms with Crippen molar-refractivity contribution in [1.82, 2.24) is 0 Å². The smallest absolute Gasteiger partial charge is 0.00733 e. The van der Waals surface area contributed by atoms with Gasteiger partial charge in [-0.1, -0.05) is 45.1 Å². The average Bonchev–Trinajstić information content (AvgIpc) is 2.05. The molecule has 0 radical (unpaired) electrons. The van der Waals surface area contributed by atoms with Crippen molar-refractivity contribution < 1.29 is 0 Å². The molecule has 2 N–H and O–H groups in total. The second-order valence-electron chi connectivity index (χ2n) is 3.49. The Bertz CT molecular complexity index is 99.2. The molecule has 0 aliphatic carbocycles. The Morgan fingerprint density at radius 2 is 1.92 bits per heavy atom. The van der Waals surface area contributed by atoms with Crippen molar-refractivity contribution in [3.05, 3.63) is 12.7 Å². The van der Waals surface area contributed by atoms with Gasteiger partial charge in [-0.2, -0.15) is 0 Å². The summed E-state index contributed by atoms with van der Waals surface area (Å²) < 4.78 is 0. The normalized spacial score (nSPS) is 12.8. The quantitative estimate of drug-likeness (QED) is 0.438. The van der Waals surface area contributed by atoms with Crippen LogP contribution in [0, 0.1) is 0 Å². The van der Waals surface area contributed by atoms with Crippen LogP contribution in [-0.2, 0) is 0 Å². The molecule has 0 aromatic rings. The molecule has 0 aromatic heterocycles. The van der Waals surface area contributed by atoms with Crippen molar-refractivity contribution in [1.29, 1.82) is 0 Å². The van der Waals surface area contributed by atoms with Gasteiger partial charge in [0.15, 0.2) is 0 Å². The second-order valence-corrected chi connectivity index (χ2v) is 3.49. The molecule has 0 bridgehead atoms. The Labute approximate surface area is 77.0 Å². The fraction of sp³-hybridized carbons (Fsp3) is 0.818. The first kappa shape index (κ1) is 11.7. The summed E-state index contributed by atoms with van der Waals surface area (Å²) in [6.45, 7) is 5.92. The molecule has 0 aliphatic rings. The van der Waals surface area contributed by atoms with Crippen LogP contribution < -0.4 is 5.73 Å². The number of rotatable bonds is 8. The first-order valence-corrected chi connectivity index (χ1v) is 5.17. The molecule has 0 rings (SSSR count). The van der Waals surface area contributed by atoms with Gasteiger partial charge in [0, 0.05) is 6.04 Å². The lowest BCUT2D eigenvalue weighted by atomic mass is 10.1. The van der Waals surface area contributed by atoms with Gasteiger partial charge in [0.2, 0.25) is 0 Å². The van der Waals surface area contributed by atoms with Gasteiger partial charge >= 0.3 is 0 Å². The van der Waals surface area contributed by atoms with Crippen molar-refractivity contribution in [3.8, 4) is 0 Å². The highest BCUT2D eigenvalue weighted by Crippen LogP contribution is 2.07. The summed E-state index contributed by atoms with van der Waals surface area (Å²) in [6.07, 6.45) is 10.7. The van der Waals surface area contributed by atoms with Gasteiger partial charge in [-0.3, -0.25) is 0 Å². The standard InChI is InChI=1S/C11H23N/c1-3-5-6-7-8-10-11(12)9-4-2/h4,11H,2-3,5-10,12H2,1H3/t11-/m1/s1. The first-order valence-electron chi connectivity index (χ1n) is 5.17. The average molecular weight is 169 g/mol. The molecule has 1 atom stereocenters. The van der Waals surface area contributed by atoms with Crippen molar-refractivity contribution >= 4 is 0 Å². The van der Waals surface area contributed by atoms with Gasteiger partial charge in [-0.05, 0) is 12.8 Å². The molecule has 1 nitrogen and oxygen atoms in total. The van der Waals surface area contributed by atoms with E-state index in [1.165, 1.54) is 32.1 Å². The molecule has 0 amide bonds. The molecule has 72 valence electrons. The van der Waals surface area contributed by atoms with E-state index in [1.807, 2.05) is 6.08 Å². The van der Waals surface area contributed by atoms with Crippen LogP contribution in [-0.4, -0.2) is 6.04 Å². The van der Waals surface area contributed by atoms with E-state index in [0.29, 0.717) is 6.04 Å². The van der Waals surface area contributed by atoms with E-state index >= 15 is 0 Å². The van der Waals surface area contributed by atoms with Crippen molar-refractivity contribution in [2.45, 2.75) is 57.9 Å². The third-order valence-electron chi connectivity index (χ3n) is 2.15. The maximum absolute atomic E-state index is 5.83. The molecule has 12 heavy (non-hydrogen) atoms. The van der Waals surface area contributed by atoms with E-state index in [0.717, 1.165) is 12.8 Å². The zero-order chi connectivity index (χ0) is 9.23. The van der Waals surface area contributed by atoms with Crippen molar-refractivity contribution in [3.63, 3.8) is 0 Å². The SMILES string of the molecule is C=CC[C@@H](N)CCCCCCC. The van der Waals surface area contributed by atoms with E-state index in [9.17, 15) is 0 Å². The van der Waals surface area contributed by atoms with Gasteiger partial charge in [0.1, 0.15) is 0 Å². The first-order chi connectivity index (χ1) is 5.81. The number of nitrogens with two attached hydrogens (primary N) is 1. The summed E-state index contributed by atoms with van der Waals surface area (Å²) in [6, 6.07) is 0.351. The molecule has 0 heterocycles. The molecule has 0 spiro atoms. The van der Waals surface area contributed by atoms with Crippen molar-refractivity contribution in [2.24, 2.45) is 5.73 Å². The molecule has 0 saturated heterocycles. The molecule has 0 saturated carbocycles. The van der Waals surface area contributed by atoms with E-state index in [1.54, 1.807) is 0 Å². The highest BCUT2D eigenvalue weighted by molar-refractivity contribution is 4.74. The molecular formula is C11H23N. The largest absolute Gasteiger partial charge is 0.327 e. The lowest BCUT2D eigenvalue weighted by molar-refractivity contribution is 0.543. The Kier molecular flexibility index (Phi) is 8.57. The number of hydrogen-bond donors (Lipinski definition) is 1. The molecule has 0 aromatic carbocycles. The maximum atomic E-state index is 5.83. The Balaban J connectivity index is 3.02. The minimum atomic E-state index is 0.351. The predicted molar refractivity (Wildman–Crippen MR) is 56.2 cm³/mol. The van der Waals surface area contributed by atoms with Crippen LogP contribution in [0.1, 0.15) is 51.9 Å². The van der Waals surface area contributed by atoms with Gasteiger partial charge < -0.3 is 5.73 Å². The maximum Gasteiger partial charge on any atom is 0.00733 e. The topological polar surface area (TPSA) is 26.0 Å². The highest BCUT2D eigenvalue weighted by atomic mass is 14.6. The van der Waals surface area contributed by atoms with Crippen LogP contribution in [0.5, 0.6) is 0 Å². The third kappa shape index (κ3) is 7.80. The predicted octanol–water partition coefficient (Wildman–Crippen LogP) is 3.25. The van der Waals surface area contributed by atoms with Gasteiger partial charge in [0.05, 0.1) is 0 Å². The Hall–Kier alpha value is -0.300. The zero-order valence-corrected chi connectivity index (χ0v) is 8.39. The number of hydrogen-bond acceptors (Lipinski definition) is 1. The van der Waals surface area contributed by atoms with Gasteiger partial charge in [0.25, 0.3) is 0 Å². The van der Waals surface area contributed by atoms with Crippen LogP contribution in [0.3, 0.4) is 0 Å². The van der Waals surface area contributed by atoms with Crippen LogP contribution in [0.4, 0.5) is 0 Å². The van der Waals surface area contributed by atoms with Gasteiger partial charge in [-0.25, -0.2) is 0 Å². The summed E-state index contributed by atoms with van der Waals surface area (Å²) >= 11 is 0. The van der Waals surface area contributed by atoms with Crippen LogP contribution in [0.25, 0.3) is 0 Å². The Morgan fingerprint density at radius 3 is 2.50 bits per heavy atom. The highest BCUT2D eigenvalue weighted by Gasteiger charge is 1.98. The summed E-state index contributed by atoms with van der Waals surface area (Å²) in [5, 5.41) is 0. The van der Waals surface area contributed by atoms with Crippen LogP contribution in [0.2, 0.25) is 0 Å². The molecule has 0 aliphatic heterocycles. The summed E-state index contributed by atoms with van der Waals surface area (Å²) in [5.74, 6) is 0. The molecule has 0 unspecified atom stereocenters. The minimum Gasteiger partial charge on any atom is -0.327 e. The second kappa shape index (κ2) is 8.79. The molecule has 0 fully saturated rings. The monoisotopic (exact) mass is 169 g/mol.